The van der Waals surface area contributed by atoms with Gasteiger partial charge in [-0.2, -0.15) is 0 Å². The van der Waals surface area contributed by atoms with Crippen molar-refractivity contribution in [3.63, 3.8) is 0 Å². The molecule has 1 N–H and O–H groups in total. The van der Waals surface area contributed by atoms with Crippen molar-refractivity contribution in [3.05, 3.63) is 20.1 Å². The van der Waals surface area contributed by atoms with Crippen LogP contribution in [0.3, 0.4) is 0 Å². The lowest BCUT2D eigenvalue weighted by molar-refractivity contribution is -0.132. The van der Waals surface area contributed by atoms with Crippen LogP contribution in [0.25, 0.3) is 6.08 Å². The average Bonchev–Trinajstić information content (AvgIpc) is 2.30. The molecule has 3 nitrogen and oxygen atoms in total. The van der Waals surface area contributed by atoms with Gasteiger partial charge >= 0.3 is 5.97 Å². The maximum atomic E-state index is 10.5. The zero-order valence-corrected chi connectivity index (χ0v) is 8.87. The Hall–Kier alpha value is -0.580. The van der Waals surface area contributed by atoms with E-state index in [1.54, 1.807) is 0 Å². The van der Waals surface area contributed by atoms with Crippen molar-refractivity contribution in [2.24, 2.45) is 0 Å². The van der Waals surface area contributed by atoms with Crippen molar-refractivity contribution in [1.82, 2.24) is 4.98 Å². The Morgan fingerprint density at radius 1 is 1.62 bits per heavy atom. The van der Waals surface area contributed by atoms with E-state index in [0.717, 1.165) is 11.3 Å². The molecule has 0 radical (unpaired) electrons. The van der Waals surface area contributed by atoms with Gasteiger partial charge in [0.1, 0.15) is 5.15 Å². The lowest BCUT2D eigenvalue weighted by atomic mass is 10.3. The van der Waals surface area contributed by atoms with Crippen molar-refractivity contribution >= 4 is 46.6 Å². The number of carboxylic acids is 1. The molecule has 70 valence electrons. The Morgan fingerprint density at radius 3 is 2.62 bits per heavy atom. The highest BCUT2D eigenvalue weighted by atomic mass is 35.5. The molecule has 0 amide bonds. The highest BCUT2D eigenvalue weighted by molar-refractivity contribution is 7.17. The Balaban J connectivity index is 3.03. The summed E-state index contributed by atoms with van der Waals surface area (Å²) in [4.78, 5) is 14.8. The molecule has 1 aromatic heterocycles. The molecule has 0 bridgehead atoms. The van der Waals surface area contributed by atoms with Gasteiger partial charge in [-0.1, -0.05) is 23.2 Å². The second kappa shape index (κ2) is 4.09. The van der Waals surface area contributed by atoms with Crippen LogP contribution >= 0.6 is 34.5 Å². The van der Waals surface area contributed by atoms with Crippen LogP contribution in [-0.4, -0.2) is 16.1 Å². The van der Waals surface area contributed by atoms with E-state index in [9.17, 15) is 4.79 Å². The van der Waals surface area contributed by atoms with Gasteiger partial charge in [0.25, 0.3) is 0 Å². The summed E-state index contributed by atoms with van der Waals surface area (Å²) in [7, 11) is 0. The van der Waals surface area contributed by atoms with Crippen molar-refractivity contribution in [1.29, 1.82) is 0 Å². The Kier molecular flexibility index (Phi) is 3.30. The van der Waals surface area contributed by atoms with Gasteiger partial charge < -0.3 is 5.11 Å². The van der Waals surface area contributed by atoms with Gasteiger partial charge in [-0.05, 0) is 13.0 Å². The lowest BCUT2D eigenvalue weighted by Crippen LogP contribution is -1.94. The summed E-state index contributed by atoms with van der Waals surface area (Å²) in [5.41, 5.74) is 0.196. The van der Waals surface area contributed by atoms with E-state index in [4.69, 9.17) is 28.3 Å². The summed E-state index contributed by atoms with van der Waals surface area (Å²) < 4.78 is 0.300. The molecule has 13 heavy (non-hydrogen) atoms. The van der Waals surface area contributed by atoms with E-state index >= 15 is 0 Å². The fourth-order valence-electron chi connectivity index (χ4n) is 0.635. The fourth-order valence-corrected chi connectivity index (χ4v) is 2.00. The SMILES string of the molecule is CC(=Cc1sc(Cl)nc1Cl)C(=O)O. The molecule has 0 aliphatic carbocycles. The summed E-state index contributed by atoms with van der Waals surface area (Å²) in [5.74, 6) is -0.986. The summed E-state index contributed by atoms with van der Waals surface area (Å²) in [6, 6.07) is 0. The molecule has 0 fully saturated rings. The third-order valence-corrected chi connectivity index (χ3v) is 2.78. The largest absolute Gasteiger partial charge is 0.478 e. The number of thiazole rings is 1. The molecule has 0 aliphatic rings. The molecular formula is C7H5Cl2NO2S. The van der Waals surface area contributed by atoms with E-state index in [2.05, 4.69) is 4.98 Å². The highest BCUT2D eigenvalue weighted by Gasteiger charge is 2.07. The molecule has 1 aromatic rings. The molecule has 0 unspecified atom stereocenters. The van der Waals surface area contributed by atoms with Gasteiger partial charge in [-0.3, -0.25) is 0 Å². The van der Waals surface area contributed by atoms with Gasteiger partial charge in [0.15, 0.2) is 4.47 Å². The van der Waals surface area contributed by atoms with E-state index in [1.165, 1.54) is 13.0 Å². The summed E-state index contributed by atoms with van der Waals surface area (Å²) in [5, 5.41) is 8.81. The number of halogens is 2. The average molecular weight is 238 g/mol. The molecular weight excluding hydrogens is 233 g/mol. The monoisotopic (exact) mass is 237 g/mol. The Labute approximate surface area is 88.6 Å². The number of nitrogens with zero attached hydrogens (tertiary/aromatic N) is 1. The van der Waals surface area contributed by atoms with E-state index in [0.29, 0.717) is 9.34 Å². The number of rotatable bonds is 2. The van der Waals surface area contributed by atoms with Crippen molar-refractivity contribution in [3.8, 4) is 0 Å². The normalized spacial score (nSPS) is 11.8. The van der Waals surface area contributed by atoms with Gasteiger partial charge in [0, 0.05) is 5.57 Å². The molecule has 0 aromatic carbocycles. The number of hydrogen-bond acceptors (Lipinski definition) is 3. The van der Waals surface area contributed by atoms with Crippen LogP contribution in [0.1, 0.15) is 11.8 Å². The minimum Gasteiger partial charge on any atom is -0.478 e. The Morgan fingerprint density at radius 2 is 2.23 bits per heavy atom. The molecule has 0 saturated carbocycles. The van der Waals surface area contributed by atoms with Crippen LogP contribution in [0.4, 0.5) is 0 Å². The van der Waals surface area contributed by atoms with Gasteiger partial charge in [-0.15, -0.1) is 11.3 Å². The first-order chi connectivity index (χ1) is 6.00. The van der Waals surface area contributed by atoms with Crippen LogP contribution < -0.4 is 0 Å². The molecule has 6 heteroatoms. The smallest absolute Gasteiger partial charge is 0.331 e. The second-order valence-electron chi connectivity index (χ2n) is 2.25. The Bertz CT molecular complexity index is 373. The van der Waals surface area contributed by atoms with Crippen molar-refractivity contribution < 1.29 is 9.90 Å². The predicted molar refractivity (Wildman–Crippen MR) is 53.4 cm³/mol. The first kappa shape index (κ1) is 10.5. The highest BCUT2D eigenvalue weighted by Crippen LogP contribution is 2.28. The van der Waals surface area contributed by atoms with Crippen molar-refractivity contribution in [2.75, 3.05) is 0 Å². The maximum Gasteiger partial charge on any atom is 0.331 e. The van der Waals surface area contributed by atoms with Crippen LogP contribution in [0.2, 0.25) is 9.62 Å². The number of aromatic nitrogens is 1. The number of carboxylic acid groups (broad SMARTS) is 1. The summed E-state index contributed by atoms with van der Waals surface area (Å²) in [6.45, 7) is 1.48. The zero-order chi connectivity index (χ0) is 10.0. The van der Waals surface area contributed by atoms with Gasteiger partial charge in [0.2, 0.25) is 0 Å². The van der Waals surface area contributed by atoms with Crippen molar-refractivity contribution in [2.45, 2.75) is 6.92 Å². The van der Waals surface area contributed by atoms with E-state index < -0.39 is 5.97 Å². The first-order valence-electron chi connectivity index (χ1n) is 3.24. The zero-order valence-electron chi connectivity index (χ0n) is 6.54. The fraction of sp³-hybridized carbons (Fsp3) is 0.143. The third-order valence-electron chi connectivity index (χ3n) is 1.27. The number of carbonyl (C=O) groups is 1. The molecule has 0 saturated heterocycles. The first-order valence-corrected chi connectivity index (χ1v) is 4.81. The molecule has 0 spiro atoms. The molecule has 1 rings (SSSR count). The van der Waals surface area contributed by atoms with Crippen LogP contribution in [0.15, 0.2) is 5.57 Å². The van der Waals surface area contributed by atoms with Crippen LogP contribution in [0.5, 0.6) is 0 Å². The number of hydrogen-bond donors (Lipinski definition) is 1. The minimum atomic E-state index is -0.986. The predicted octanol–water partition coefficient (Wildman–Crippen LogP) is 2.94. The maximum absolute atomic E-state index is 10.5. The molecule has 1 heterocycles. The quantitative estimate of drug-likeness (QED) is 0.806. The number of aliphatic carboxylic acids is 1. The third kappa shape index (κ3) is 2.69. The van der Waals surface area contributed by atoms with E-state index in [1.807, 2.05) is 0 Å². The lowest BCUT2D eigenvalue weighted by Gasteiger charge is -1.90. The van der Waals surface area contributed by atoms with E-state index in [-0.39, 0.29) is 10.7 Å². The minimum absolute atomic E-state index is 0.196. The summed E-state index contributed by atoms with van der Waals surface area (Å²) in [6.07, 6.45) is 1.44. The standard InChI is InChI=1S/C7H5Cl2NO2S/c1-3(6(11)12)2-4-5(8)10-7(9)13-4/h2H,1H3,(H,11,12). The second-order valence-corrected chi connectivity index (χ2v) is 4.23. The molecule has 0 aliphatic heterocycles. The van der Waals surface area contributed by atoms with Gasteiger partial charge in [0.05, 0.1) is 4.88 Å². The van der Waals surface area contributed by atoms with Gasteiger partial charge in [-0.25, -0.2) is 9.78 Å². The van der Waals surface area contributed by atoms with Crippen LogP contribution in [-0.2, 0) is 4.79 Å². The summed E-state index contributed by atoms with van der Waals surface area (Å²) >= 11 is 12.4. The molecule has 0 atom stereocenters. The van der Waals surface area contributed by atoms with Crippen LogP contribution in [0, 0.1) is 0 Å². The topological polar surface area (TPSA) is 50.2 Å².